The Bertz CT molecular complexity index is 944. The molecule has 0 radical (unpaired) electrons. The van der Waals surface area contributed by atoms with Crippen LogP contribution in [0.25, 0.3) is 10.9 Å². The Morgan fingerprint density at radius 2 is 2.07 bits per heavy atom. The minimum atomic E-state index is -0.691. The van der Waals surface area contributed by atoms with Crippen LogP contribution in [0.5, 0.6) is 0 Å². The number of hydrogen-bond acceptors (Lipinski definition) is 2. The van der Waals surface area contributed by atoms with Crippen molar-refractivity contribution in [3.05, 3.63) is 34.5 Å². The Balaban J connectivity index is 1.57. The fourth-order valence-electron chi connectivity index (χ4n) is 6.36. The molecular weight excluding hydrogens is 384 g/mol. The predicted octanol–water partition coefficient (Wildman–Crippen LogP) is 5.55. The number of likely N-dealkylation sites (tertiary alicyclic amines) is 1. The molecule has 1 aromatic heterocycles. The fraction of sp³-hybridized carbons (Fsp3) is 0.625. The third-order valence-corrected chi connectivity index (χ3v) is 7.66. The molecular formula is C24H33ClN2O2. The second-order valence-corrected chi connectivity index (χ2v) is 10.7. The zero-order valence-electron chi connectivity index (χ0n) is 18.2. The van der Waals surface area contributed by atoms with Crippen LogP contribution in [-0.2, 0) is 4.79 Å². The summed E-state index contributed by atoms with van der Waals surface area (Å²) >= 11 is 6.60. The van der Waals surface area contributed by atoms with Crippen molar-refractivity contribution in [2.45, 2.75) is 90.3 Å². The van der Waals surface area contributed by atoms with Crippen LogP contribution in [0.15, 0.2) is 18.3 Å². The third-order valence-electron chi connectivity index (χ3n) is 7.17. The summed E-state index contributed by atoms with van der Waals surface area (Å²) in [6.45, 7) is 10.5. The summed E-state index contributed by atoms with van der Waals surface area (Å²) in [5.41, 5.74) is 2.60. The number of aryl methyl sites for hydroxylation is 1. The largest absolute Gasteiger partial charge is 0.390 e. The van der Waals surface area contributed by atoms with Gasteiger partial charge in [-0.1, -0.05) is 31.5 Å². The molecule has 1 aromatic carbocycles. The molecule has 2 heterocycles. The SMILES string of the molecule is Cc1ccc2[nH]cc(C(C)CC(=O)N3C(C)CC4(C)CC3CC(C)(O)C4)c2c1Cl. The minimum Gasteiger partial charge on any atom is -0.390 e. The summed E-state index contributed by atoms with van der Waals surface area (Å²) < 4.78 is 0. The van der Waals surface area contributed by atoms with Crippen molar-refractivity contribution in [2.75, 3.05) is 0 Å². The Hall–Kier alpha value is -1.52. The van der Waals surface area contributed by atoms with Crippen LogP contribution in [0.2, 0.25) is 5.02 Å². The van der Waals surface area contributed by atoms with Crippen molar-refractivity contribution in [3.8, 4) is 0 Å². The van der Waals surface area contributed by atoms with E-state index in [0.29, 0.717) is 12.8 Å². The molecule has 2 aromatic rings. The molecule has 5 unspecified atom stereocenters. The summed E-state index contributed by atoms with van der Waals surface area (Å²) in [4.78, 5) is 18.8. The first-order chi connectivity index (χ1) is 13.5. The van der Waals surface area contributed by atoms with E-state index in [1.807, 2.05) is 32.2 Å². The van der Waals surface area contributed by atoms with Gasteiger partial charge >= 0.3 is 0 Å². The number of aromatic nitrogens is 1. The number of H-pyrrole nitrogens is 1. The van der Waals surface area contributed by atoms with Crippen molar-refractivity contribution in [3.63, 3.8) is 0 Å². The molecule has 1 saturated heterocycles. The molecule has 2 N–H and O–H groups in total. The number of piperidine rings is 1. The lowest BCUT2D eigenvalue weighted by atomic mass is 9.61. The van der Waals surface area contributed by atoms with Gasteiger partial charge in [0.05, 0.1) is 10.6 Å². The van der Waals surface area contributed by atoms with Gasteiger partial charge < -0.3 is 15.0 Å². The lowest BCUT2D eigenvalue weighted by molar-refractivity contribution is -0.154. The Morgan fingerprint density at radius 1 is 1.34 bits per heavy atom. The number of fused-ring (bicyclic) bond motifs is 3. The summed E-state index contributed by atoms with van der Waals surface area (Å²) in [6, 6.07) is 4.40. The van der Waals surface area contributed by atoms with E-state index in [1.165, 1.54) is 0 Å². The van der Waals surface area contributed by atoms with E-state index in [2.05, 4.69) is 30.7 Å². The quantitative estimate of drug-likeness (QED) is 0.688. The van der Waals surface area contributed by atoms with Gasteiger partial charge in [-0.15, -0.1) is 0 Å². The molecule has 1 saturated carbocycles. The third kappa shape index (κ3) is 3.70. The smallest absolute Gasteiger partial charge is 0.223 e. The number of nitrogens with one attached hydrogen (secondary N) is 1. The van der Waals surface area contributed by atoms with Gasteiger partial charge in [-0.2, -0.15) is 0 Å². The maximum Gasteiger partial charge on any atom is 0.223 e. The molecule has 1 amide bonds. The first-order valence-electron chi connectivity index (χ1n) is 10.8. The lowest BCUT2D eigenvalue weighted by Crippen LogP contribution is -2.60. The van der Waals surface area contributed by atoms with E-state index in [0.717, 1.165) is 46.3 Å². The standard InChI is InChI=1S/C24H33ClN2O2/c1-14-6-7-19-21(22(14)25)18(12-26-19)15(2)8-20(28)27-16(3)9-23(4)10-17(27)11-24(5,29)13-23/h6-7,12,15-17,26,29H,8-11,13H2,1-5H3. The first kappa shape index (κ1) is 20.7. The van der Waals surface area contributed by atoms with Crippen LogP contribution < -0.4 is 0 Å². The highest BCUT2D eigenvalue weighted by atomic mass is 35.5. The van der Waals surface area contributed by atoms with Crippen LogP contribution in [0.3, 0.4) is 0 Å². The minimum absolute atomic E-state index is 0.0696. The van der Waals surface area contributed by atoms with Gasteiger partial charge in [0.1, 0.15) is 0 Å². The number of hydrogen-bond donors (Lipinski definition) is 2. The van der Waals surface area contributed by atoms with Gasteiger partial charge in [-0.05, 0) is 75.0 Å². The van der Waals surface area contributed by atoms with E-state index in [1.54, 1.807) is 0 Å². The summed E-state index contributed by atoms with van der Waals surface area (Å²) in [5, 5.41) is 12.6. The normalized spacial score (nSPS) is 33.1. The molecule has 29 heavy (non-hydrogen) atoms. The Morgan fingerprint density at radius 3 is 2.79 bits per heavy atom. The highest BCUT2D eigenvalue weighted by Crippen LogP contribution is 2.50. The highest BCUT2D eigenvalue weighted by molar-refractivity contribution is 6.36. The maximum absolute atomic E-state index is 13.4. The van der Waals surface area contributed by atoms with E-state index in [-0.39, 0.29) is 29.3 Å². The number of amides is 1. The van der Waals surface area contributed by atoms with Gasteiger partial charge in [0.15, 0.2) is 0 Å². The average Bonchev–Trinajstić information content (AvgIpc) is 3.00. The molecule has 5 heteroatoms. The Labute approximate surface area is 178 Å². The predicted molar refractivity (Wildman–Crippen MR) is 118 cm³/mol. The average molecular weight is 417 g/mol. The van der Waals surface area contributed by atoms with Gasteiger partial charge in [0.2, 0.25) is 5.91 Å². The van der Waals surface area contributed by atoms with Crippen LogP contribution in [-0.4, -0.2) is 38.6 Å². The molecule has 2 aliphatic rings. The molecule has 0 spiro atoms. The number of nitrogens with zero attached hydrogens (tertiary/aromatic N) is 1. The topological polar surface area (TPSA) is 56.3 Å². The number of carbonyl (C=O) groups excluding carboxylic acids is 1. The van der Waals surface area contributed by atoms with E-state index in [4.69, 9.17) is 11.6 Å². The van der Waals surface area contributed by atoms with Crippen molar-refractivity contribution in [2.24, 2.45) is 5.41 Å². The summed E-state index contributed by atoms with van der Waals surface area (Å²) in [7, 11) is 0. The highest BCUT2D eigenvalue weighted by Gasteiger charge is 2.50. The monoisotopic (exact) mass is 416 g/mol. The number of aliphatic hydroxyl groups is 1. The first-order valence-corrected chi connectivity index (χ1v) is 11.2. The van der Waals surface area contributed by atoms with Gasteiger partial charge in [-0.3, -0.25) is 4.79 Å². The molecule has 4 nitrogen and oxygen atoms in total. The van der Waals surface area contributed by atoms with E-state index in [9.17, 15) is 9.90 Å². The van der Waals surface area contributed by atoms with Crippen LogP contribution >= 0.6 is 11.6 Å². The van der Waals surface area contributed by atoms with Gasteiger partial charge in [0, 0.05) is 35.6 Å². The maximum atomic E-state index is 13.4. The molecule has 4 rings (SSSR count). The Kier molecular flexibility index (Phi) is 5.02. The van der Waals surface area contributed by atoms with Crippen LogP contribution in [0.1, 0.15) is 76.8 Å². The van der Waals surface area contributed by atoms with E-state index < -0.39 is 5.60 Å². The summed E-state index contributed by atoms with van der Waals surface area (Å²) in [6.07, 6.45) is 5.90. The van der Waals surface area contributed by atoms with Crippen molar-refractivity contribution in [1.82, 2.24) is 9.88 Å². The zero-order valence-corrected chi connectivity index (χ0v) is 18.9. The number of halogens is 1. The molecule has 2 fully saturated rings. The molecule has 1 aliphatic carbocycles. The molecule has 1 aliphatic heterocycles. The van der Waals surface area contributed by atoms with Crippen molar-refractivity contribution < 1.29 is 9.90 Å². The second-order valence-electron chi connectivity index (χ2n) is 10.4. The number of carbonyl (C=O) groups is 1. The lowest BCUT2D eigenvalue weighted by Gasteiger charge is -2.56. The molecule has 158 valence electrons. The van der Waals surface area contributed by atoms with Gasteiger partial charge in [0.25, 0.3) is 0 Å². The number of benzene rings is 1. The number of aromatic amines is 1. The van der Waals surface area contributed by atoms with Crippen LogP contribution in [0.4, 0.5) is 0 Å². The zero-order chi connectivity index (χ0) is 21.1. The number of rotatable bonds is 3. The van der Waals surface area contributed by atoms with Gasteiger partial charge in [-0.25, -0.2) is 0 Å². The second kappa shape index (κ2) is 7.02. The van der Waals surface area contributed by atoms with E-state index >= 15 is 0 Å². The summed E-state index contributed by atoms with van der Waals surface area (Å²) in [5.74, 6) is 0.257. The van der Waals surface area contributed by atoms with Crippen molar-refractivity contribution in [1.29, 1.82) is 0 Å². The molecule has 5 atom stereocenters. The molecule has 2 bridgehead atoms. The fourth-order valence-corrected chi connectivity index (χ4v) is 6.64. The van der Waals surface area contributed by atoms with Crippen molar-refractivity contribution >= 4 is 28.4 Å². The van der Waals surface area contributed by atoms with Crippen LogP contribution in [0, 0.1) is 12.3 Å².